The summed E-state index contributed by atoms with van der Waals surface area (Å²) in [5.74, 6) is -0.935. The zero-order valence-electron chi connectivity index (χ0n) is 15.0. The molecular weight excluding hydrogens is 391 g/mol. The lowest BCUT2D eigenvalue weighted by atomic mass is 10.0. The summed E-state index contributed by atoms with van der Waals surface area (Å²) in [5.41, 5.74) is 0.781. The van der Waals surface area contributed by atoms with Crippen LogP contribution in [0.15, 0.2) is 59.8 Å². The van der Waals surface area contributed by atoms with Crippen molar-refractivity contribution in [1.29, 1.82) is 0 Å². The average molecular weight is 407 g/mol. The van der Waals surface area contributed by atoms with Gasteiger partial charge in [-0.2, -0.15) is 13.2 Å². The molecule has 3 rings (SSSR count). The van der Waals surface area contributed by atoms with Gasteiger partial charge in [-0.25, -0.2) is 0 Å². The second-order valence-electron chi connectivity index (χ2n) is 6.40. The lowest BCUT2D eigenvalue weighted by Gasteiger charge is -2.25. The lowest BCUT2D eigenvalue weighted by molar-refractivity contribution is -0.385. The zero-order chi connectivity index (χ0) is 21.0. The number of carbonyl (C=O) groups is 1. The number of carbonyl (C=O) groups excluding carboxylic acids is 1. The van der Waals surface area contributed by atoms with Crippen molar-refractivity contribution in [2.75, 3.05) is 6.54 Å². The van der Waals surface area contributed by atoms with Crippen LogP contribution in [0.2, 0.25) is 0 Å². The first-order valence-electron chi connectivity index (χ1n) is 8.60. The van der Waals surface area contributed by atoms with Crippen LogP contribution in [0.3, 0.4) is 0 Å². The Balaban J connectivity index is 1.79. The number of hydrogen-bond donors (Lipinski definition) is 0. The van der Waals surface area contributed by atoms with Crippen LogP contribution in [0.1, 0.15) is 17.5 Å². The summed E-state index contributed by atoms with van der Waals surface area (Å²) in [4.78, 5) is 28.8. The molecule has 1 unspecified atom stereocenters. The van der Waals surface area contributed by atoms with Crippen LogP contribution in [-0.4, -0.2) is 40.3 Å². The van der Waals surface area contributed by atoms with Crippen LogP contribution in [0, 0.1) is 10.1 Å². The number of hydrogen-bond acceptors (Lipinski definition) is 5. The Morgan fingerprint density at radius 2 is 1.83 bits per heavy atom. The van der Waals surface area contributed by atoms with Gasteiger partial charge in [-0.1, -0.05) is 53.7 Å². The fraction of sp³-hybridized carbons (Fsp3) is 0.263. The Morgan fingerprint density at radius 1 is 1.17 bits per heavy atom. The molecule has 1 aliphatic rings. The molecule has 0 aliphatic carbocycles. The molecule has 1 heterocycles. The van der Waals surface area contributed by atoms with E-state index in [1.807, 2.05) is 0 Å². The minimum Gasteiger partial charge on any atom is -0.382 e. The number of para-hydroxylation sites is 1. The normalized spacial score (nSPS) is 16.1. The Bertz CT molecular complexity index is 932. The fourth-order valence-corrected chi connectivity index (χ4v) is 2.97. The monoisotopic (exact) mass is 407 g/mol. The number of rotatable bonds is 6. The van der Waals surface area contributed by atoms with Crippen LogP contribution >= 0.6 is 0 Å². The second-order valence-corrected chi connectivity index (χ2v) is 6.40. The van der Waals surface area contributed by atoms with Crippen molar-refractivity contribution in [3.8, 4) is 0 Å². The minimum absolute atomic E-state index is 0.00250. The summed E-state index contributed by atoms with van der Waals surface area (Å²) in [7, 11) is 0. The molecule has 0 fully saturated rings. The van der Waals surface area contributed by atoms with Gasteiger partial charge < -0.3 is 9.74 Å². The van der Waals surface area contributed by atoms with Gasteiger partial charge in [0, 0.05) is 18.1 Å². The molecule has 0 radical (unpaired) electrons. The van der Waals surface area contributed by atoms with E-state index in [1.54, 1.807) is 30.3 Å². The summed E-state index contributed by atoms with van der Waals surface area (Å²) in [6.45, 7) is -2.13. The first kappa shape index (κ1) is 20.3. The number of nitro benzene ring substituents is 1. The topological polar surface area (TPSA) is 85.0 Å². The van der Waals surface area contributed by atoms with Crippen molar-refractivity contribution in [2.24, 2.45) is 5.16 Å². The zero-order valence-corrected chi connectivity index (χ0v) is 15.0. The van der Waals surface area contributed by atoms with Crippen molar-refractivity contribution in [2.45, 2.75) is 25.2 Å². The molecule has 152 valence electrons. The molecule has 1 aliphatic heterocycles. The highest BCUT2D eigenvalue weighted by Crippen LogP contribution is 2.26. The Labute approximate surface area is 163 Å². The van der Waals surface area contributed by atoms with Crippen LogP contribution in [-0.2, 0) is 16.2 Å². The van der Waals surface area contributed by atoms with Gasteiger partial charge in [0.25, 0.3) is 11.6 Å². The Morgan fingerprint density at radius 3 is 2.48 bits per heavy atom. The van der Waals surface area contributed by atoms with Crippen LogP contribution < -0.4 is 0 Å². The Hall–Kier alpha value is -3.43. The van der Waals surface area contributed by atoms with E-state index in [2.05, 4.69) is 5.16 Å². The van der Waals surface area contributed by atoms with Gasteiger partial charge in [0.05, 0.1) is 17.2 Å². The second kappa shape index (κ2) is 8.29. The van der Waals surface area contributed by atoms with Crippen LogP contribution in [0.4, 0.5) is 18.9 Å². The predicted octanol–water partition coefficient (Wildman–Crippen LogP) is 3.68. The van der Waals surface area contributed by atoms with E-state index >= 15 is 0 Å². The molecule has 1 amide bonds. The SMILES string of the molecule is O=C(C1CC(c2ccccc2)=NO1)N(Cc1ccccc1[N+](=O)[O-])CC(F)(F)F. The van der Waals surface area contributed by atoms with Gasteiger partial charge in [-0.3, -0.25) is 14.9 Å². The molecule has 29 heavy (non-hydrogen) atoms. The van der Waals surface area contributed by atoms with E-state index in [0.717, 1.165) is 0 Å². The summed E-state index contributed by atoms with van der Waals surface area (Å²) in [6.07, 6.45) is -5.90. The molecule has 0 aromatic heterocycles. The van der Waals surface area contributed by atoms with E-state index in [0.29, 0.717) is 16.2 Å². The molecule has 2 aromatic rings. The van der Waals surface area contributed by atoms with Crippen molar-refractivity contribution in [3.05, 3.63) is 75.8 Å². The van der Waals surface area contributed by atoms with Crippen molar-refractivity contribution in [3.63, 3.8) is 0 Å². The molecule has 0 saturated carbocycles. The number of oxime groups is 1. The summed E-state index contributed by atoms with van der Waals surface area (Å²) in [6, 6.07) is 14.2. The van der Waals surface area contributed by atoms with Gasteiger partial charge in [0.15, 0.2) is 0 Å². The molecule has 1 atom stereocenters. The number of nitro groups is 1. The van der Waals surface area contributed by atoms with E-state index in [9.17, 15) is 28.1 Å². The summed E-state index contributed by atoms with van der Waals surface area (Å²) in [5, 5.41) is 15.0. The molecule has 0 bridgehead atoms. The fourth-order valence-electron chi connectivity index (χ4n) is 2.97. The van der Waals surface area contributed by atoms with Gasteiger partial charge in [-0.15, -0.1) is 0 Å². The third-order valence-corrected chi connectivity index (χ3v) is 4.28. The van der Waals surface area contributed by atoms with E-state index in [1.165, 1.54) is 24.3 Å². The predicted molar refractivity (Wildman–Crippen MR) is 97.0 cm³/mol. The van der Waals surface area contributed by atoms with E-state index < -0.39 is 36.2 Å². The lowest BCUT2D eigenvalue weighted by Crippen LogP contribution is -2.44. The molecular formula is C19H16F3N3O4. The highest BCUT2D eigenvalue weighted by Gasteiger charge is 2.39. The molecule has 2 aromatic carbocycles. The number of benzene rings is 2. The number of alkyl halides is 3. The van der Waals surface area contributed by atoms with Crippen molar-refractivity contribution < 1.29 is 27.7 Å². The molecule has 7 nitrogen and oxygen atoms in total. The highest BCUT2D eigenvalue weighted by atomic mass is 19.4. The van der Waals surface area contributed by atoms with Crippen molar-refractivity contribution in [1.82, 2.24) is 4.90 Å². The van der Waals surface area contributed by atoms with Gasteiger partial charge in [0.2, 0.25) is 6.10 Å². The summed E-state index contributed by atoms with van der Waals surface area (Å²) >= 11 is 0. The average Bonchev–Trinajstić information content (AvgIpc) is 3.17. The van der Waals surface area contributed by atoms with Crippen LogP contribution in [0.5, 0.6) is 0 Å². The van der Waals surface area contributed by atoms with Crippen molar-refractivity contribution >= 4 is 17.3 Å². The smallest absolute Gasteiger partial charge is 0.382 e. The first-order chi connectivity index (χ1) is 13.7. The molecule has 0 spiro atoms. The Kier molecular flexibility index (Phi) is 5.81. The number of amides is 1. The van der Waals surface area contributed by atoms with Gasteiger partial charge in [0.1, 0.15) is 6.54 Å². The maximum absolute atomic E-state index is 13.1. The number of nitrogens with zero attached hydrogens (tertiary/aromatic N) is 3. The maximum Gasteiger partial charge on any atom is 0.406 e. The third kappa shape index (κ3) is 5.09. The van der Waals surface area contributed by atoms with Gasteiger partial charge >= 0.3 is 6.18 Å². The first-order valence-corrected chi connectivity index (χ1v) is 8.60. The van der Waals surface area contributed by atoms with E-state index in [-0.39, 0.29) is 17.7 Å². The van der Waals surface area contributed by atoms with Gasteiger partial charge in [-0.05, 0) is 5.56 Å². The third-order valence-electron chi connectivity index (χ3n) is 4.28. The minimum atomic E-state index is -4.68. The quantitative estimate of drug-likeness (QED) is 0.540. The molecule has 0 saturated heterocycles. The maximum atomic E-state index is 13.1. The standard InChI is InChI=1S/C19H16F3N3O4/c20-19(21,22)12-24(11-14-8-4-5-9-16(14)25(27)28)18(26)17-10-15(23-29-17)13-6-2-1-3-7-13/h1-9,17H,10-12H2. The highest BCUT2D eigenvalue weighted by molar-refractivity contribution is 6.04. The van der Waals surface area contributed by atoms with E-state index in [4.69, 9.17) is 4.84 Å². The van der Waals surface area contributed by atoms with Crippen LogP contribution in [0.25, 0.3) is 0 Å². The molecule has 10 heteroatoms. The summed E-state index contributed by atoms with van der Waals surface area (Å²) < 4.78 is 39.2. The largest absolute Gasteiger partial charge is 0.406 e. The number of halogens is 3. The molecule has 0 N–H and O–H groups in total.